The van der Waals surface area contributed by atoms with E-state index < -0.39 is 0 Å². The molecule has 0 saturated carbocycles. The van der Waals surface area contributed by atoms with Crippen LogP contribution in [-0.2, 0) is 27.3 Å². The number of carbonyl (C=O) groups is 2. The van der Waals surface area contributed by atoms with Crippen molar-refractivity contribution >= 4 is 11.8 Å². The van der Waals surface area contributed by atoms with E-state index in [2.05, 4.69) is 0 Å². The Balaban J connectivity index is 1.70. The van der Waals surface area contributed by atoms with Gasteiger partial charge < -0.3 is 19.0 Å². The molecule has 1 aromatic heterocycles. The number of rotatable bonds is 10. The van der Waals surface area contributed by atoms with Crippen LogP contribution in [0.2, 0.25) is 0 Å². The van der Waals surface area contributed by atoms with E-state index in [-0.39, 0.29) is 30.5 Å². The van der Waals surface area contributed by atoms with E-state index in [4.69, 9.17) is 9.15 Å². The summed E-state index contributed by atoms with van der Waals surface area (Å²) in [5.74, 6) is 0.620. The fraction of sp³-hybridized carbons (Fsp3) is 0.500. The van der Waals surface area contributed by atoms with Crippen molar-refractivity contribution in [2.75, 3.05) is 19.7 Å². The summed E-state index contributed by atoms with van der Waals surface area (Å²) in [6.45, 7) is 5.72. The molecule has 1 aliphatic heterocycles. The largest absolute Gasteiger partial charge is 0.467 e. The molecule has 6 nitrogen and oxygen atoms in total. The second-order valence-electron chi connectivity index (χ2n) is 7.93. The summed E-state index contributed by atoms with van der Waals surface area (Å²) >= 11 is 0. The zero-order chi connectivity index (χ0) is 21.3. The highest BCUT2D eigenvalue weighted by molar-refractivity contribution is 5.86. The van der Waals surface area contributed by atoms with Gasteiger partial charge in [-0.25, -0.2) is 0 Å². The highest BCUT2D eigenvalue weighted by Crippen LogP contribution is 2.17. The quantitative estimate of drug-likeness (QED) is 0.598. The van der Waals surface area contributed by atoms with Gasteiger partial charge in [-0.2, -0.15) is 0 Å². The van der Waals surface area contributed by atoms with E-state index in [1.165, 1.54) is 0 Å². The van der Waals surface area contributed by atoms with Gasteiger partial charge in [0.1, 0.15) is 12.3 Å². The lowest BCUT2D eigenvalue weighted by atomic mass is 10.1. The van der Waals surface area contributed by atoms with Crippen LogP contribution in [0.1, 0.15) is 44.4 Å². The minimum absolute atomic E-state index is 0.0154. The number of nitrogens with zero attached hydrogens (tertiary/aromatic N) is 2. The van der Waals surface area contributed by atoms with Crippen molar-refractivity contribution in [3.05, 3.63) is 60.1 Å². The predicted molar refractivity (Wildman–Crippen MR) is 115 cm³/mol. The summed E-state index contributed by atoms with van der Waals surface area (Å²) in [5, 5.41) is 0. The molecule has 0 spiro atoms. The topological polar surface area (TPSA) is 63.0 Å². The zero-order valence-corrected chi connectivity index (χ0v) is 18.0. The molecule has 1 saturated heterocycles. The normalized spacial score (nSPS) is 16.9. The third-order valence-electron chi connectivity index (χ3n) is 5.67. The molecule has 0 aliphatic carbocycles. The molecule has 2 aromatic rings. The van der Waals surface area contributed by atoms with Gasteiger partial charge in [0, 0.05) is 19.2 Å². The van der Waals surface area contributed by atoms with Gasteiger partial charge in [0.05, 0.1) is 25.3 Å². The summed E-state index contributed by atoms with van der Waals surface area (Å²) in [7, 11) is 0. The number of furan rings is 1. The number of benzene rings is 1. The fourth-order valence-electron chi connectivity index (χ4n) is 3.71. The first kappa shape index (κ1) is 22.1. The highest BCUT2D eigenvalue weighted by atomic mass is 16.5. The van der Waals surface area contributed by atoms with E-state index in [0.29, 0.717) is 19.5 Å². The smallest absolute Gasteiger partial charge is 0.242 e. The number of ether oxygens (including phenoxy) is 1. The van der Waals surface area contributed by atoms with Crippen molar-refractivity contribution in [2.24, 2.45) is 0 Å². The molecule has 0 unspecified atom stereocenters. The van der Waals surface area contributed by atoms with Crippen molar-refractivity contribution < 1.29 is 18.7 Å². The second kappa shape index (κ2) is 11.0. The monoisotopic (exact) mass is 412 g/mol. The van der Waals surface area contributed by atoms with Crippen LogP contribution < -0.4 is 0 Å². The van der Waals surface area contributed by atoms with Crippen LogP contribution in [0.4, 0.5) is 0 Å². The Morgan fingerprint density at radius 1 is 1.13 bits per heavy atom. The number of hydrogen-bond donors (Lipinski definition) is 0. The zero-order valence-electron chi connectivity index (χ0n) is 18.0. The molecule has 2 atom stereocenters. The minimum atomic E-state index is -0.0800. The van der Waals surface area contributed by atoms with Crippen LogP contribution in [0, 0.1) is 0 Å². The number of carbonyl (C=O) groups excluding carboxylic acids is 2. The third-order valence-corrected chi connectivity index (χ3v) is 5.67. The van der Waals surface area contributed by atoms with Crippen LogP contribution in [0.25, 0.3) is 0 Å². The Morgan fingerprint density at radius 2 is 1.93 bits per heavy atom. The molecule has 3 rings (SSSR count). The van der Waals surface area contributed by atoms with Crippen molar-refractivity contribution in [3.8, 4) is 0 Å². The Hall–Kier alpha value is -2.60. The van der Waals surface area contributed by atoms with Crippen molar-refractivity contribution in [1.82, 2.24) is 9.80 Å². The predicted octanol–water partition coefficient (Wildman–Crippen LogP) is 3.66. The van der Waals surface area contributed by atoms with Gasteiger partial charge in [-0.05, 0) is 43.9 Å². The molecule has 0 bridgehead atoms. The van der Waals surface area contributed by atoms with Crippen LogP contribution in [-0.4, -0.2) is 53.5 Å². The van der Waals surface area contributed by atoms with Crippen LogP contribution in [0.5, 0.6) is 0 Å². The Labute approximate surface area is 178 Å². The van der Waals surface area contributed by atoms with E-state index in [9.17, 15) is 9.59 Å². The summed E-state index contributed by atoms with van der Waals surface area (Å²) in [5.41, 5.74) is 0.954. The van der Waals surface area contributed by atoms with E-state index in [0.717, 1.165) is 37.2 Å². The molecule has 2 amide bonds. The van der Waals surface area contributed by atoms with Gasteiger partial charge in [-0.1, -0.05) is 37.3 Å². The fourth-order valence-corrected chi connectivity index (χ4v) is 3.71. The first-order valence-electron chi connectivity index (χ1n) is 10.8. The summed E-state index contributed by atoms with van der Waals surface area (Å²) in [6, 6.07) is 13.3. The van der Waals surface area contributed by atoms with Gasteiger partial charge in [-0.3, -0.25) is 9.59 Å². The number of amides is 2. The Kier molecular flexibility index (Phi) is 8.08. The van der Waals surface area contributed by atoms with Gasteiger partial charge in [0.15, 0.2) is 0 Å². The third kappa shape index (κ3) is 6.20. The lowest BCUT2D eigenvalue weighted by molar-refractivity contribution is -0.143. The first-order valence-corrected chi connectivity index (χ1v) is 10.8. The van der Waals surface area contributed by atoms with Crippen molar-refractivity contribution in [1.29, 1.82) is 0 Å². The molecule has 0 N–H and O–H groups in total. The summed E-state index contributed by atoms with van der Waals surface area (Å²) in [4.78, 5) is 29.8. The Morgan fingerprint density at radius 3 is 2.57 bits per heavy atom. The lowest BCUT2D eigenvalue weighted by Crippen LogP contribution is -2.48. The molecule has 30 heavy (non-hydrogen) atoms. The van der Waals surface area contributed by atoms with Crippen molar-refractivity contribution in [3.63, 3.8) is 0 Å². The second-order valence-corrected chi connectivity index (χ2v) is 7.93. The maximum atomic E-state index is 13.3. The lowest BCUT2D eigenvalue weighted by Gasteiger charge is -2.32. The minimum Gasteiger partial charge on any atom is -0.467 e. The van der Waals surface area contributed by atoms with Crippen LogP contribution in [0.15, 0.2) is 53.1 Å². The Bertz CT molecular complexity index is 785. The molecule has 2 heterocycles. The molecule has 1 aromatic carbocycles. The summed E-state index contributed by atoms with van der Waals surface area (Å²) in [6.07, 6.45) is 4.70. The average Bonchev–Trinajstić information content (AvgIpc) is 3.46. The molecular weight excluding hydrogens is 380 g/mol. The van der Waals surface area contributed by atoms with Crippen molar-refractivity contribution in [2.45, 2.75) is 58.2 Å². The van der Waals surface area contributed by atoms with E-state index >= 15 is 0 Å². The molecular formula is C24H32N2O4. The molecule has 1 aliphatic rings. The highest BCUT2D eigenvalue weighted by Gasteiger charge is 2.28. The molecule has 6 heteroatoms. The molecule has 0 radical (unpaired) electrons. The maximum absolute atomic E-state index is 13.3. The summed E-state index contributed by atoms with van der Waals surface area (Å²) < 4.78 is 11.2. The number of hydrogen-bond acceptors (Lipinski definition) is 4. The first-order chi connectivity index (χ1) is 14.6. The van der Waals surface area contributed by atoms with E-state index in [1.54, 1.807) is 16.1 Å². The van der Waals surface area contributed by atoms with Gasteiger partial charge >= 0.3 is 0 Å². The SMILES string of the molecule is CC[C@H](C)N(CC(=O)N(Cc1ccco1)C[C@H]1CCCO1)C(=O)Cc1ccccc1. The van der Waals surface area contributed by atoms with Gasteiger partial charge in [0.2, 0.25) is 11.8 Å². The van der Waals surface area contributed by atoms with Crippen LogP contribution in [0.3, 0.4) is 0 Å². The van der Waals surface area contributed by atoms with E-state index in [1.807, 2.05) is 56.3 Å². The van der Waals surface area contributed by atoms with Crippen LogP contribution >= 0.6 is 0 Å². The maximum Gasteiger partial charge on any atom is 0.242 e. The molecule has 162 valence electrons. The molecule has 1 fully saturated rings. The average molecular weight is 413 g/mol. The standard InChI is InChI=1S/C24H32N2O4/c1-3-19(2)26(23(27)15-20-9-5-4-6-10-20)18-24(28)25(16-21-11-7-13-29-21)17-22-12-8-14-30-22/h4-7,9-11,13,19,22H,3,8,12,14-18H2,1-2H3/t19-,22+/m0/s1. The van der Waals surface area contributed by atoms with Gasteiger partial charge in [-0.15, -0.1) is 0 Å². The van der Waals surface area contributed by atoms with Gasteiger partial charge in [0.25, 0.3) is 0 Å².